The second kappa shape index (κ2) is 7.98. The van der Waals surface area contributed by atoms with Gasteiger partial charge in [0.1, 0.15) is 22.2 Å². The number of aryl methyl sites for hydroxylation is 1. The molecule has 0 atom stereocenters. The Morgan fingerprint density at radius 3 is 2.43 bits per heavy atom. The van der Waals surface area contributed by atoms with Crippen molar-refractivity contribution in [3.05, 3.63) is 71.4 Å². The highest BCUT2D eigenvalue weighted by atomic mass is 32.1. The average Bonchev–Trinajstić information content (AvgIpc) is 3.16. The van der Waals surface area contributed by atoms with Crippen LogP contribution in [0.3, 0.4) is 0 Å². The number of methoxy groups -OCH3 is 1. The minimum Gasteiger partial charge on any atom is -0.497 e. The predicted molar refractivity (Wildman–Crippen MR) is 117 cm³/mol. The lowest BCUT2D eigenvalue weighted by Gasteiger charge is -2.23. The van der Waals surface area contributed by atoms with Gasteiger partial charge in [-0.25, -0.2) is 9.97 Å². The van der Waals surface area contributed by atoms with E-state index in [0.717, 1.165) is 46.3 Å². The van der Waals surface area contributed by atoms with Crippen LogP contribution in [-0.4, -0.2) is 23.6 Å². The van der Waals surface area contributed by atoms with Crippen molar-refractivity contribution in [2.24, 2.45) is 0 Å². The van der Waals surface area contributed by atoms with Crippen molar-refractivity contribution in [2.75, 3.05) is 18.6 Å². The van der Waals surface area contributed by atoms with E-state index >= 15 is 0 Å². The molecule has 0 saturated heterocycles. The molecule has 0 aliphatic rings. The molecule has 28 heavy (non-hydrogen) atoms. The Kier molecular flexibility index (Phi) is 5.26. The van der Waals surface area contributed by atoms with E-state index in [0.29, 0.717) is 0 Å². The normalized spacial score (nSPS) is 11.0. The summed E-state index contributed by atoms with van der Waals surface area (Å²) in [6.07, 6.45) is 0. The standard InChI is InChI=1S/C23H23N3OS/c1-4-26(14-17-8-6-5-7-9-17)22-21-20(15-28-23(21)25-16(2)24-22)18-10-12-19(27-3)13-11-18/h5-13,15H,4,14H2,1-3H3. The molecule has 0 bridgehead atoms. The maximum absolute atomic E-state index is 5.31. The smallest absolute Gasteiger partial charge is 0.142 e. The molecule has 2 aromatic heterocycles. The van der Waals surface area contributed by atoms with Crippen LogP contribution in [-0.2, 0) is 6.54 Å². The SMILES string of the molecule is CCN(Cc1ccccc1)c1nc(C)nc2scc(-c3ccc(OC)cc3)c12. The number of nitrogens with zero attached hydrogens (tertiary/aromatic N) is 3. The summed E-state index contributed by atoms with van der Waals surface area (Å²) in [5.41, 5.74) is 3.59. The summed E-state index contributed by atoms with van der Waals surface area (Å²) < 4.78 is 5.31. The van der Waals surface area contributed by atoms with Gasteiger partial charge < -0.3 is 9.64 Å². The topological polar surface area (TPSA) is 38.2 Å². The number of thiophene rings is 1. The molecule has 0 saturated carbocycles. The highest BCUT2D eigenvalue weighted by Gasteiger charge is 2.18. The number of ether oxygens (including phenoxy) is 1. The van der Waals surface area contributed by atoms with E-state index in [1.165, 1.54) is 11.1 Å². The first-order chi connectivity index (χ1) is 13.7. The van der Waals surface area contributed by atoms with E-state index in [-0.39, 0.29) is 0 Å². The van der Waals surface area contributed by atoms with Crippen molar-refractivity contribution in [1.82, 2.24) is 9.97 Å². The van der Waals surface area contributed by atoms with E-state index in [1.807, 2.05) is 25.1 Å². The van der Waals surface area contributed by atoms with Crippen LogP contribution in [0.15, 0.2) is 60.0 Å². The third-order valence-electron chi connectivity index (χ3n) is 4.82. The summed E-state index contributed by atoms with van der Waals surface area (Å²) in [6, 6.07) is 18.7. The highest BCUT2D eigenvalue weighted by Crippen LogP contribution is 2.39. The lowest BCUT2D eigenvalue weighted by molar-refractivity contribution is 0.415. The second-order valence-corrected chi connectivity index (χ2v) is 7.51. The summed E-state index contributed by atoms with van der Waals surface area (Å²) in [7, 11) is 1.69. The molecule has 5 heteroatoms. The number of hydrogen-bond acceptors (Lipinski definition) is 5. The van der Waals surface area contributed by atoms with Gasteiger partial charge in [-0.3, -0.25) is 0 Å². The number of fused-ring (bicyclic) bond motifs is 1. The number of aromatic nitrogens is 2. The number of rotatable bonds is 6. The third kappa shape index (κ3) is 3.58. The first kappa shape index (κ1) is 18.4. The fourth-order valence-electron chi connectivity index (χ4n) is 3.38. The van der Waals surface area contributed by atoms with E-state index in [4.69, 9.17) is 14.7 Å². The molecule has 142 valence electrons. The van der Waals surface area contributed by atoms with Crippen LogP contribution in [0.4, 0.5) is 5.82 Å². The molecular weight excluding hydrogens is 366 g/mol. The van der Waals surface area contributed by atoms with Gasteiger partial charge in [-0.2, -0.15) is 0 Å². The Balaban J connectivity index is 1.83. The molecule has 2 aromatic carbocycles. The minimum atomic E-state index is 0.803. The van der Waals surface area contributed by atoms with Gasteiger partial charge in [0.25, 0.3) is 0 Å². The van der Waals surface area contributed by atoms with Crippen LogP contribution >= 0.6 is 11.3 Å². The van der Waals surface area contributed by atoms with E-state index in [2.05, 4.69) is 53.6 Å². The number of anilines is 1. The van der Waals surface area contributed by atoms with Crippen molar-refractivity contribution in [2.45, 2.75) is 20.4 Å². The first-order valence-electron chi connectivity index (χ1n) is 9.38. The fourth-order valence-corrected chi connectivity index (χ4v) is 4.37. The maximum Gasteiger partial charge on any atom is 0.142 e. The van der Waals surface area contributed by atoms with E-state index in [9.17, 15) is 0 Å². The lowest BCUT2D eigenvalue weighted by Crippen LogP contribution is -2.23. The Morgan fingerprint density at radius 1 is 1.00 bits per heavy atom. The van der Waals surface area contributed by atoms with Crippen LogP contribution in [0.25, 0.3) is 21.3 Å². The summed E-state index contributed by atoms with van der Waals surface area (Å²) in [6.45, 7) is 5.83. The number of hydrogen-bond donors (Lipinski definition) is 0. The molecule has 0 aliphatic carbocycles. The van der Waals surface area contributed by atoms with Crippen LogP contribution in [0.5, 0.6) is 5.75 Å². The Labute approximate surface area is 169 Å². The van der Waals surface area contributed by atoms with Crippen LogP contribution in [0.2, 0.25) is 0 Å². The maximum atomic E-state index is 5.31. The zero-order valence-corrected chi connectivity index (χ0v) is 17.2. The molecule has 0 amide bonds. The minimum absolute atomic E-state index is 0.803. The first-order valence-corrected chi connectivity index (χ1v) is 10.3. The molecule has 4 rings (SSSR count). The van der Waals surface area contributed by atoms with Crippen LogP contribution < -0.4 is 9.64 Å². The van der Waals surface area contributed by atoms with Crippen molar-refractivity contribution in [1.29, 1.82) is 0 Å². The zero-order valence-electron chi connectivity index (χ0n) is 16.3. The fraction of sp³-hybridized carbons (Fsp3) is 0.217. The van der Waals surface area contributed by atoms with Crippen molar-refractivity contribution in [3.8, 4) is 16.9 Å². The Hall–Kier alpha value is -2.92. The molecule has 0 unspecified atom stereocenters. The van der Waals surface area contributed by atoms with Gasteiger partial charge in [-0.15, -0.1) is 11.3 Å². The summed E-state index contributed by atoms with van der Waals surface area (Å²) in [5.74, 6) is 2.66. The number of benzene rings is 2. The molecule has 0 radical (unpaired) electrons. The summed E-state index contributed by atoms with van der Waals surface area (Å²) in [5, 5.41) is 3.30. The quantitative estimate of drug-likeness (QED) is 0.424. The van der Waals surface area contributed by atoms with Crippen molar-refractivity contribution in [3.63, 3.8) is 0 Å². The Morgan fingerprint density at radius 2 is 1.75 bits per heavy atom. The summed E-state index contributed by atoms with van der Waals surface area (Å²) >= 11 is 1.67. The molecule has 0 aliphatic heterocycles. The van der Waals surface area contributed by atoms with Gasteiger partial charge in [-0.05, 0) is 37.1 Å². The molecule has 4 nitrogen and oxygen atoms in total. The van der Waals surface area contributed by atoms with Crippen LogP contribution in [0.1, 0.15) is 18.3 Å². The highest BCUT2D eigenvalue weighted by molar-refractivity contribution is 7.17. The second-order valence-electron chi connectivity index (χ2n) is 6.65. The largest absolute Gasteiger partial charge is 0.497 e. The van der Waals surface area contributed by atoms with Crippen molar-refractivity contribution < 1.29 is 4.74 Å². The third-order valence-corrected chi connectivity index (χ3v) is 5.70. The summed E-state index contributed by atoms with van der Waals surface area (Å²) in [4.78, 5) is 12.9. The zero-order chi connectivity index (χ0) is 19.5. The molecule has 0 spiro atoms. The van der Waals surface area contributed by atoms with E-state index < -0.39 is 0 Å². The van der Waals surface area contributed by atoms with Crippen LogP contribution in [0, 0.1) is 6.92 Å². The molecule has 0 fully saturated rings. The average molecular weight is 390 g/mol. The van der Waals surface area contributed by atoms with Gasteiger partial charge in [0.15, 0.2) is 0 Å². The molecule has 2 heterocycles. The monoisotopic (exact) mass is 389 g/mol. The predicted octanol–water partition coefficient (Wildman–Crippen LogP) is 5.70. The van der Waals surface area contributed by atoms with Gasteiger partial charge in [0.2, 0.25) is 0 Å². The molecule has 4 aromatic rings. The van der Waals surface area contributed by atoms with Crippen molar-refractivity contribution >= 4 is 27.4 Å². The van der Waals surface area contributed by atoms with Gasteiger partial charge in [0.05, 0.1) is 12.5 Å². The Bertz CT molecular complexity index is 1070. The molecular formula is C23H23N3OS. The van der Waals surface area contributed by atoms with E-state index in [1.54, 1.807) is 18.4 Å². The molecule has 0 N–H and O–H groups in total. The van der Waals surface area contributed by atoms with Gasteiger partial charge in [-0.1, -0.05) is 42.5 Å². The van der Waals surface area contributed by atoms with Gasteiger partial charge >= 0.3 is 0 Å². The lowest BCUT2D eigenvalue weighted by atomic mass is 10.1. The van der Waals surface area contributed by atoms with Gasteiger partial charge in [0, 0.05) is 24.0 Å².